The topological polar surface area (TPSA) is 88.7 Å². The maximum atomic E-state index is 12.2. The van der Waals surface area contributed by atoms with E-state index < -0.39 is 5.97 Å². The molecule has 0 saturated carbocycles. The molecule has 0 bridgehead atoms. The molecule has 0 aromatic rings. The van der Waals surface area contributed by atoms with Crippen LogP contribution >= 0.6 is 0 Å². The van der Waals surface area contributed by atoms with Gasteiger partial charge in [-0.05, 0) is 57.3 Å². The summed E-state index contributed by atoms with van der Waals surface area (Å²) < 4.78 is 17.4. The maximum absolute atomic E-state index is 12.2. The average Bonchev–Trinajstić information content (AvgIpc) is 4.00. The normalized spacial score (nSPS) is 20.5. The first-order chi connectivity index (χ1) is 23.5. The summed E-state index contributed by atoms with van der Waals surface area (Å²) in [6.07, 6.45) is 39.5. The fourth-order valence-corrected chi connectivity index (χ4v) is 7.46. The van der Waals surface area contributed by atoms with Crippen LogP contribution in [0.1, 0.15) is 219 Å². The van der Waals surface area contributed by atoms with E-state index in [2.05, 4.69) is 13.8 Å². The zero-order valence-corrected chi connectivity index (χ0v) is 31.7. The summed E-state index contributed by atoms with van der Waals surface area (Å²) in [5.74, 6) is -0.0419. The van der Waals surface area contributed by atoms with Crippen molar-refractivity contribution in [2.24, 2.45) is 5.92 Å². The molecule has 48 heavy (non-hydrogen) atoms. The molecule has 2 heterocycles. The van der Waals surface area contributed by atoms with Crippen molar-refractivity contribution in [3.05, 3.63) is 0 Å². The zero-order chi connectivity index (χ0) is 34.5. The lowest BCUT2D eigenvalue weighted by Crippen LogP contribution is -2.06. The van der Waals surface area contributed by atoms with E-state index >= 15 is 0 Å². The number of ether oxygens (including phenoxy) is 3. The highest BCUT2D eigenvalue weighted by Crippen LogP contribution is 2.34. The smallest absolute Gasteiger partial charge is 0.305 e. The van der Waals surface area contributed by atoms with Gasteiger partial charge in [-0.2, -0.15) is 0 Å². The minimum Gasteiger partial charge on any atom is -0.481 e. The van der Waals surface area contributed by atoms with E-state index in [1.807, 2.05) is 0 Å². The summed E-state index contributed by atoms with van der Waals surface area (Å²) in [6, 6.07) is 0. The molecule has 5 atom stereocenters. The van der Waals surface area contributed by atoms with Crippen molar-refractivity contribution < 1.29 is 28.9 Å². The van der Waals surface area contributed by atoms with Crippen LogP contribution in [0.2, 0.25) is 0 Å². The molecular formula is C42H78O6. The third-order valence-electron chi connectivity index (χ3n) is 10.8. The third-order valence-corrected chi connectivity index (χ3v) is 10.8. The van der Waals surface area contributed by atoms with E-state index in [1.54, 1.807) is 0 Å². The number of carbonyl (C=O) groups is 2. The lowest BCUT2D eigenvalue weighted by molar-refractivity contribution is -0.144. The lowest BCUT2D eigenvalue weighted by Gasteiger charge is -2.16. The Morgan fingerprint density at radius 1 is 0.500 bits per heavy atom. The van der Waals surface area contributed by atoms with Crippen LogP contribution in [-0.2, 0) is 23.8 Å². The van der Waals surface area contributed by atoms with E-state index in [0.717, 1.165) is 51.4 Å². The number of carboxylic acids is 1. The molecule has 6 nitrogen and oxygen atoms in total. The number of epoxide rings is 2. The molecular weight excluding hydrogens is 600 g/mol. The van der Waals surface area contributed by atoms with Gasteiger partial charge in [-0.25, -0.2) is 0 Å². The van der Waals surface area contributed by atoms with E-state index in [1.165, 1.54) is 141 Å². The Hall–Kier alpha value is -1.14. The van der Waals surface area contributed by atoms with Crippen molar-refractivity contribution in [3.63, 3.8) is 0 Å². The van der Waals surface area contributed by atoms with E-state index in [4.69, 9.17) is 19.3 Å². The molecule has 5 unspecified atom stereocenters. The number of rotatable bonds is 37. The Morgan fingerprint density at radius 2 is 0.917 bits per heavy atom. The van der Waals surface area contributed by atoms with Crippen molar-refractivity contribution in [2.45, 2.75) is 244 Å². The highest BCUT2D eigenvalue weighted by Gasteiger charge is 2.38. The maximum Gasteiger partial charge on any atom is 0.305 e. The molecule has 2 aliphatic rings. The van der Waals surface area contributed by atoms with Gasteiger partial charge in [0, 0.05) is 12.8 Å². The fraction of sp³-hybridized carbons (Fsp3) is 0.952. The van der Waals surface area contributed by atoms with Gasteiger partial charge in [0.2, 0.25) is 0 Å². The van der Waals surface area contributed by atoms with Gasteiger partial charge in [0.1, 0.15) is 0 Å². The molecule has 2 aliphatic heterocycles. The highest BCUT2D eigenvalue weighted by molar-refractivity contribution is 5.69. The van der Waals surface area contributed by atoms with Gasteiger partial charge in [0.15, 0.2) is 0 Å². The van der Waals surface area contributed by atoms with Crippen molar-refractivity contribution >= 4 is 11.9 Å². The lowest BCUT2D eigenvalue weighted by atomic mass is 9.89. The molecule has 0 aromatic carbocycles. The first-order valence-corrected chi connectivity index (χ1v) is 21.2. The largest absolute Gasteiger partial charge is 0.481 e. The Balaban J connectivity index is 1.39. The van der Waals surface area contributed by atoms with E-state index in [-0.39, 0.29) is 12.4 Å². The average molecular weight is 679 g/mol. The van der Waals surface area contributed by atoms with Crippen molar-refractivity contribution in [3.8, 4) is 0 Å². The summed E-state index contributed by atoms with van der Waals surface area (Å²) in [5, 5.41) is 8.99. The molecule has 0 aromatic heterocycles. The number of esters is 1. The van der Waals surface area contributed by atoms with E-state index in [9.17, 15) is 9.59 Å². The molecule has 0 amide bonds. The van der Waals surface area contributed by atoms with Crippen LogP contribution in [0, 0.1) is 5.92 Å². The summed E-state index contributed by atoms with van der Waals surface area (Å²) in [4.78, 5) is 23.1. The Labute approximate surface area is 296 Å². The van der Waals surface area contributed by atoms with Gasteiger partial charge in [-0.3, -0.25) is 9.59 Å². The van der Waals surface area contributed by atoms with Crippen LogP contribution in [0.3, 0.4) is 0 Å². The molecule has 2 fully saturated rings. The summed E-state index contributed by atoms with van der Waals surface area (Å²) in [6.45, 7) is 5.09. The first kappa shape index (κ1) is 43.0. The first-order valence-electron chi connectivity index (χ1n) is 21.2. The minimum absolute atomic E-state index is 0.0302. The van der Waals surface area contributed by atoms with Crippen LogP contribution in [0.4, 0.5) is 0 Å². The Bertz CT molecular complexity index is 771. The number of carboxylic acid groups (broad SMARTS) is 1. The SMILES string of the molecule is CCCCCCCCC1OC1CCCCCCCC(=O)OCCCCCCC(CCCCC(=O)O)CCC1OC1CCCCCCCC. The van der Waals surface area contributed by atoms with Crippen LogP contribution in [0.25, 0.3) is 0 Å². The highest BCUT2D eigenvalue weighted by atomic mass is 16.6. The van der Waals surface area contributed by atoms with Gasteiger partial charge in [0.25, 0.3) is 0 Å². The molecule has 0 aliphatic carbocycles. The second-order valence-corrected chi connectivity index (χ2v) is 15.4. The number of hydrogen-bond donors (Lipinski definition) is 1. The van der Waals surface area contributed by atoms with Crippen LogP contribution in [-0.4, -0.2) is 48.1 Å². The number of carbonyl (C=O) groups excluding carboxylic acids is 1. The standard InChI is InChI=1S/C42H78O6/c1-3-5-7-9-12-19-28-37-38(47-37)29-21-14-11-15-22-32-42(45)46-35-25-17-16-18-26-36(27-23-24-31-41(43)44)33-34-40-39(48-40)30-20-13-10-8-6-4-2/h36-40H,3-35H2,1-2H3,(H,43,44). The Morgan fingerprint density at radius 3 is 1.46 bits per heavy atom. The molecule has 2 saturated heterocycles. The number of unbranched alkanes of at least 4 members (excludes halogenated alkanes) is 18. The number of hydrogen-bond acceptors (Lipinski definition) is 5. The summed E-state index contributed by atoms with van der Waals surface area (Å²) in [5.41, 5.74) is 0. The van der Waals surface area contributed by atoms with Crippen LogP contribution in [0.15, 0.2) is 0 Å². The van der Waals surface area contributed by atoms with Gasteiger partial charge in [0.05, 0.1) is 31.0 Å². The molecule has 6 heteroatoms. The van der Waals surface area contributed by atoms with Gasteiger partial charge in [-0.1, -0.05) is 155 Å². The minimum atomic E-state index is -0.682. The van der Waals surface area contributed by atoms with Crippen molar-refractivity contribution in [1.82, 2.24) is 0 Å². The predicted molar refractivity (Wildman–Crippen MR) is 198 cm³/mol. The third kappa shape index (κ3) is 24.9. The Kier molecular flexibility index (Phi) is 26.5. The molecule has 0 radical (unpaired) electrons. The summed E-state index contributed by atoms with van der Waals surface area (Å²) in [7, 11) is 0. The van der Waals surface area contributed by atoms with Gasteiger partial charge >= 0.3 is 11.9 Å². The molecule has 2 rings (SSSR count). The second kappa shape index (κ2) is 29.6. The predicted octanol–water partition coefficient (Wildman–Crippen LogP) is 12.3. The molecule has 1 N–H and O–H groups in total. The number of aliphatic carboxylic acids is 1. The van der Waals surface area contributed by atoms with Gasteiger partial charge < -0.3 is 19.3 Å². The molecule has 0 spiro atoms. The second-order valence-electron chi connectivity index (χ2n) is 15.4. The van der Waals surface area contributed by atoms with Gasteiger partial charge in [-0.15, -0.1) is 0 Å². The molecule has 282 valence electrons. The van der Waals surface area contributed by atoms with Crippen molar-refractivity contribution in [1.29, 1.82) is 0 Å². The van der Waals surface area contributed by atoms with Crippen LogP contribution in [0.5, 0.6) is 0 Å². The monoisotopic (exact) mass is 679 g/mol. The fourth-order valence-electron chi connectivity index (χ4n) is 7.46. The quantitative estimate of drug-likeness (QED) is 0.0399. The zero-order valence-electron chi connectivity index (χ0n) is 31.7. The van der Waals surface area contributed by atoms with Crippen molar-refractivity contribution in [2.75, 3.05) is 6.61 Å². The summed E-state index contributed by atoms with van der Waals surface area (Å²) >= 11 is 0. The van der Waals surface area contributed by atoms with Crippen LogP contribution < -0.4 is 0 Å². The van der Waals surface area contributed by atoms with E-state index in [0.29, 0.717) is 43.4 Å².